The van der Waals surface area contributed by atoms with Gasteiger partial charge in [0.15, 0.2) is 5.13 Å². The number of thiazole rings is 1. The van der Waals surface area contributed by atoms with Gasteiger partial charge in [0.1, 0.15) is 0 Å². The fraction of sp³-hybridized carbons (Fsp3) is 0.154. The third-order valence-electron chi connectivity index (χ3n) is 5.56. The molecule has 0 bridgehead atoms. The maximum absolute atomic E-state index is 13.3. The minimum absolute atomic E-state index is 0.0501. The summed E-state index contributed by atoms with van der Waals surface area (Å²) < 4.78 is 28.1. The fourth-order valence-corrected chi connectivity index (χ4v) is 5.97. The highest BCUT2D eigenvalue weighted by molar-refractivity contribution is 7.89. The van der Waals surface area contributed by atoms with Crippen molar-refractivity contribution >= 4 is 38.1 Å². The molecule has 1 N–H and O–H groups in total. The number of sulfonamides is 1. The Hall–Kier alpha value is -3.93. The van der Waals surface area contributed by atoms with Crippen molar-refractivity contribution in [3.05, 3.63) is 105 Å². The van der Waals surface area contributed by atoms with Crippen LogP contribution >= 0.6 is 11.3 Å². The predicted molar refractivity (Wildman–Crippen MR) is 143 cm³/mol. The smallest absolute Gasteiger partial charge is 0.270 e. The number of nitro benzene ring substituents is 1. The SMILES string of the molecule is CC(C)N(Cc1ccccc1)S(=O)(=O)c1ccc(C(=O)Nc2nc(-c3cccc([N+](=O)[O-])c3)cs2)cc1. The molecule has 1 aromatic heterocycles. The number of non-ortho nitro benzene ring substituents is 1. The standard InChI is InChI=1S/C26H24N4O5S2/c1-18(2)29(16-19-7-4-3-5-8-19)37(34,35)23-13-11-20(12-14-23)25(31)28-26-27-24(17-36-26)21-9-6-10-22(15-21)30(32)33/h3-15,17-18H,16H2,1-2H3,(H,27,28,31). The number of benzene rings is 3. The first-order chi connectivity index (χ1) is 17.6. The maximum atomic E-state index is 13.3. The van der Waals surface area contributed by atoms with Crippen molar-refractivity contribution in [3.63, 3.8) is 0 Å². The number of rotatable bonds is 9. The van der Waals surface area contributed by atoms with E-state index in [1.807, 2.05) is 44.2 Å². The molecule has 9 nitrogen and oxygen atoms in total. The Balaban J connectivity index is 1.48. The van der Waals surface area contributed by atoms with Crippen LogP contribution < -0.4 is 5.32 Å². The van der Waals surface area contributed by atoms with Gasteiger partial charge in [0, 0.05) is 41.2 Å². The molecule has 4 aromatic rings. The molecule has 0 atom stereocenters. The molecule has 0 saturated carbocycles. The van der Waals surface area contributed by atoms with E-state index in [9.17, 15) is 23.3 Å². The van der Waals surface area contributed by atoms with Gasteiger partial charge >= 0.3 is 0 Å². The Kier molecular flexibility index (Phi) is 7.77. The topological polar surface area (TPSA) is 123 Å². The van der Waals surface area contributed by atoms with Crippen molar-refractivity contribution < 1.29 is 18.1 Å². The molecule has 3 aromatic carbocycles. The van der Waals surface area contributed by atoms with Crippen molar-refractivity contribution in [2.45, 2.75) is 31.3 Å². The maximum Gasteiger partial charge on any atom is 0.270 e. The van der Waals surface area contributed by atoms with Crippen molar-refractivity contribution in [3.8, 4) is 11.3 Å². The normalized spacial score (nSPS) is 11.6. The van der Waals surface area contributed by atoms with E-state index < -0.39 is 20.9 Å². The third-order valence-corrected chi connectivity index (χ3v) is 8.35. The molecule has 0 spiro atoms. The molecular formula is C26H24N4O5S2. The van der Waals surface area contributed by atoms with E-state index in [1.165, 1.54) is 52.0 Å². The Morgan fingerprint density at radius 1 is 1.05 bits per heavy atom. The molecule has 0 aliphatic heterocycles. The number of carbonyl (C=O) groups is 1. The van der Waals surface area contributed by atoms with E-state index in [-0.39, 0.29) is 28.7 Å². The number of nitrogens with zero attached hydrogens (tertiary/aromatic N) is 3. The molecule has 0 fully saturated rings. The van der Waals surface area contributed by atoms with Gasteiger partial charge in [-0.05, 0) is 43.7 Å². The van der Waals surface area contributed by atoms with Gasteiger partial charge in [0.25, 0.3) is 11.6 Å². The van der Waals surface area contributed by atoms with Crippen molar-refractivity contribution in [1.29, 1.82) is 0 Å². The highest BCUT2D eigenvalue weighted by Crippen LogP contribution is 2.28. The molecule has 1 heterocycles. The van der Waals surface area contributed by atoms with Crippen LogP contribution in [-0.2, 0) is 16.6 Å². The van der Waals surface area contributed by atoms with Gasteiger partial charge in [0.2, 0.25) is 10.0 Å². The largest absolute Gasteiger partial charge is 0.298 e. The molecule has 0 aliphatic rings. The van der Waals surface area contributed by atoms with Gasteiger partial charge in [-0.2, -0.15) is 4.31 Å². The lowest BCUT2D eigenvalue weighted by Crippen LogP contribution is -2.36. The molecule has 0 unspecified atom stereocenters. The second kappa shape index (κ2) is 11.0. The molecule has 0 aliphatic carbocycles. The van der Waals surface area contributed by atoms with Gasteiger partial charge in [0.05, 0.1) is 15.5 Å². The summed E-state index contributed by atoms with van der Waals surface area (Å²) in [6, 6.07) is 20.9. The van der Waals surface area contributed by atoms with Gasteiger partial charge < -0.3 is 0 Å². The lowest BCUT2D eigenvalue weighted by Gasteiger charge is -2.26. The highest BCUT2D eigenvalue weighted by atomic mass is 32.2. The van der Waals surface area contributed by atoms with E-state index in [1.54, 1.807) is 17.5 Å². The summed E-state index contributed by atoms with van der Waals surface area (Å²) in [5.74, 6) is -0.450. The number of nitrogens with one attached hydrogen (secondary N) is 1. The molecule has 0 saturated heterocycles. The van der Waals surface area contributed by atoms with E-state index in [0.717, 1.165) is 5.56 Å². The molecule has 1 amide bonds. The quantitative estimate of drug-likeness (QED) is 0.220. The van der Waals surface area contributed by atoms with Crippen molar-refractivity contribution in [2.75, 3.05) is 5.32 Å². The number of nitro groups is 1. The summed E-state index contributed by atoms with van der Waals surface area (Å²) in [7, 11) is -3.79. The van der Waals surface area contributed by atoms with Gasteiger partial charge in [-0.3, -0.25) is 20.2 Å². The number of hydrogen-bond donors (Lipinski definition) is 1. The van der Waals surface area contributed by atoms with Crippen LogP contribution in [0.25, 0.3) is 11.3 Å². The predicted octanol–water partition coefficient (Wildman–Crippen LogP) is 5.57. The van der Waals surface area contributed by atoms with Crippen LogP contribution in [0.15, 0.2) is 89.1 Å². The first kappa shape index (κ1) is 26.1. The summed E-state index contributed by atoms with van der Waals surface area (Å²) in [6.07, 6.45) is 0. The van der Waals surface area contributed by atoms with Crippen LogP contribution in [0.4, 0.5) is 10.8 Å². The van der Waals surface area contributed by atoms with Crippen molar-refractivity contribution in [1.82, 2.24) is 9.29 Å². The summed E-state index contributed by atoms with van der Waals surface area (Å²) in [4.78, 5) is 27.7. The van der Waals surface area contributed by atoms with Crippen LogP contribution in [0, 0.1) is 10.1 Å². The van der Waals surface area contributed by atoms with Crippen LogP contribution in [0.2, 0.25) is 0 Å². The van der Waals surface area contributed by atoms with Gasteiger partial charge in [-0.25, -0.2) is 13.4 Å². The van der Waals surface area contributed by atoms with E-state index in [2.05, 4.69) is 10.3 Å². The minimum Gasteiger partial charge on any atom is -0.298 e. The summed E-state index contributed by atoms with van der Waals surface area (Å²) >= 11 is 1.18. The molecule has 11 heteroatoms. The second-order valence-corrected chi connectivity index (χ2v) is 11.2. The Labute approximate surface area is 218 Å². The van der Waals surface area contributed by atoms with E-state index >= 15 is 0 Å². The van der Waals surface area contributed by atoms with Gasteiger partial charge in [-0.15, -0.1) is 11.3 Å². The monoisotopic (exact) mass is 536 g/mol. The van der Waals surface area contributed by atoms with Crippen LogP contribution in [0.5, 0.6) is 0 Å². The molecular weight excluding hydrogens is 512 g/mol. The highest BCUT2D eigenvalue weighted by Gasteiger charge is 2.27. The molecule has 4 rings (SSSR count). The Bertz CT molecular complexity index is 1520. The third kappa shape index (κ3) is 6.08. The average molecular weight is 537 g/mol. The number of amides is 1. The number of carbonyl (C=O) groups excluding carboxylic acids is 1. The summed E-state index contributed by atoms with van der Waals surface area (Å²) in [6.45, 7) is 3.87. The van der Waals surface area contributed by atoms with Gasteiger partial charge in [-0.1, -0.05) is 42.5 Å². The van der Waals surface area contributed by atoms with Crippen LogP contribution in [-0.4, -0.2) is 34.6 Å². The molecule has 190 valence electrons. The van der Waals surface area contributed by atoms with Crippen LogP contribution in [0.1, 0.15) is 29.8 Å². The fourth-order valence-electron chi connectivity index (χ4n) is 3.63. The van der Waals surface area contributed by atoms with Crippen LogP contribution in [0.3, 0.4) is 0 Å². The first-order valence-corrected chi connectivity index (χ1v) is 13.6. The number of hydrogen-bond acceptors (Lipinski definition) is 7. The number of anilines is 1. The minimum atomic E-state index is -3.79. The average Bonchev–Trinajstić information content (AvgIpc) is 3.36. The Morgan fingerprint density at radius 2 is 1.76 bits per heavy atom. The lowest BCUT2D eigenvalue weighted by molar-refractivity contribution is -0.384. The lowest BCUT2D eigenvalue weighted by atomic mass is 10.1. The first-order valence-electron chi connectivity index (χ1n) is 11.3. The molecule has 0 radical (unpaired) electrons. The zero-order valence-electron chi connectivity index (χ0n) is 20.1. The number of aromatic nitrogens is 1. The second-order valence-electron chi connectivity index (χ2n) is 8.45. The van der Waals surface area contributed by atoms with E-state index in [4.69, 9.17) is 0 Å². The van der Waals surface area contributed by atoms with E-state index in [0.29, 0.717) is 16.4 Å². The zero-order valence-corrected chi connectivity index (χ0v) is 21.7. The Morgan fingerprint density at radius 3 is 2.41 bits per heavy atom. The van der Waals surface area contributed by atoms with Crippen molar-refractivity contribution in [2.24, 2.45) is 0 Å². The zero-order chi connectivity index (χ0) is 26.6. The molecule has 37 heavy (non-hydrogen) atoms. The summed E-state index contributed by atoms with van der Waals surface area (Å²) in [5, 5.41) is 15.7. The summed E-state index contributed by atoms with van der Waals surface area (Å²) in [5.41, 5.74) is 2.16.